The van der Waals surface area contributed by atoms with Gasteiger partial charge in [0.05, 0.1) is 11.1 Å². The largest absolute Gasteiger partial charge is 0.452 e. The normalized spacial score (nSPS) is 10.5. The molecule has 8 heteroatoms. The van der Waals surface area contributed by atoms with Gasteiger partial charge >= 0.3 is 5.97 Å². The second-order valence-corrected chi connectivity index (χ2v) is 5.49. The summed E-state index contributed by atoms with van der Waals surface area (Å²) < 4.78 is 19.0. The highest BCUT2D eigenvalue weighted by Gasteiger charge is 2.19. The molecule has 0 aliphatic heterocycles. The Hall–Kier alpha value is -3.55. The first-order valence-electron chi connectivity index (χ1n) is 7.66. The number of nitrogens with one attached hydrogen (secondary N) is 2. The minimum atomic E-state index is -0.817. The summed E-state index contributed by atoms with van der Waals surface area (Å²) in [7, 11) is 0. The van der Waals surface area contributed by atoms with Crippen LogP contribution in [0.1, 0.15) is 27.8 Å². The zero-order valence-corrected chi connectivity index (χ0v) is 13.7. The molecule has 0 fully saturated rings. The van der Waals surface area contributed by atoms with Crippen LogP contribution in [-0.4, -0.2) is 34.5 Å². The molecular weight excluding hydrogens is 341 g/mol. The monoisotopic (exact) mass is 355 g/mol. The third-order valence-electron chi connectivity index (χ3n) is 3.59. The second-order valence-electron chi connectivity index (χ2n) is 5.49. The predicted octanol–water partition coefficient (Wildman–Crippen LogP) is 2.70. The average Bonchev–Trinajstić information content (AvgIpc) is 3.03. The third-order valence-corrected chi connectivity index (χ3v) is 3.59. The fraction of sp³-hybridized carbons (Fsp3) is 0.111. The third kappa shape index (κ3) is 3.59. The number of H-pyrrole nitrogens is 1. The first-order valence-corrected chi connectivity index (χ1v) is 7.66. The summed E-state index contributed by atoms with van der Waals surface area (Å²) in [5, 5.41) is 9.54. The number of amides is 1. The van der Waals surface area contributed by atoms with Crippen molar-refractivity contribution in [2.24, 2.45) is 0 Å². The lowest BCUT2D eigenvalue weighted by atomic mass is 10.1. The van der Waals surface area contributed by atoms with Crippen LogP contribution in [0.15, 0.2) is 42.5 Å². The van der Waals surface area contributed by atoms with E-state index in [1.807, 2.05) is 0 Å². The van der Waals surface area contributed by atoms with E-state index in [0.717, 1.165) is 6.07 Å². The van der Waals surface area contributed by atoms with E-state index in [1.165, 1.54) is 19.1 Å². The molecule has 3 rings (SSSR count). The van der Waals surface area contributed by atoms with Gasteiger partial charge in [0.15, 0.2) is 12.3 Å². The number of fused-ring (bicyclic) bond motifs is 1. The van der Waals surface area contributed by atoms with E-state index in [0.29, 0.717) is 10.9 Å². The van der Waals surface area contributed by atoms with Crippen molar-refractivity contribution in [3.05, 3.63) is 59.5 Å². The number of esters is 1. The zero-order valence-electron chi connectivity index (χ0n) is 13.7. The van der Waals surface area contributed by atoms with Crippen molar-refractivity contribution in [1.29, 1.82) is 0 Å². The summed E-state index contributed by atoms with van der Waals surface area (Å²) >= 11 is 0. The van der Waals surface area contributed by atoms with Gasteiger partial charge in [0, 0.05) is 18.0 Å². The van der Waals surface area contributed by atoms with Crippen LogP contribution < -0.4 is 5.32 Å². The molecule has 7 nitrogen and oxygen atoms in total. The number of nitrogens with zero attached hydrogens (tertiary/aromatic N) is 1. The van der Waals surface area contributed by atoms with Gasteiger partial charge in [0.25, 0.3) is 0 Å². The topological polar surface area (TPSA) is 101 Å². The molecule has 2 N–H and O–H groups in total. The van der Waals surface area contributed by atoms with Crippen LogP contribution >= 0.6 is 0 Å². The quantitative estimate of drug-likeness (QED) is 0.541. The van der Waals surface area contributed by atoms with E-state index in [4.69, 9.17) is 4.74 Å². The maximum atomic E-state index is 14.0. The number of hydrogen-bond donors (Lipinski definition) is 2. The van der Waals surface area contributed by atoms with Crippen LogP contribution in [-0.2, 0) is 9.53 Å². The number of rotatable bonds is 5. The Morgan fingerprint density at radius 3 is 2.69 bits per heavy atom. The molecule has 132 valence electrons. The Kier molecular flexibility index (Phi) is 4.74. The Bertz CT molecular complexity index is 1010. The number of carbonyl (C=O) groups is 3. The molecule has 0 saturated carbocycles. The van der Waals surface area contributed by atoms with Gasteiger partial charge in [-0.2, -0.15) is 5.10 Å². The number of ketones is 1. The van der Waals surface area contributed by atoms with Crippen molar-refractivity contribution in [3.8, 4) is 0 Å². The summed E-state index contributed by atoms with van der Waals surface area (Å²) in [6.07, 6.45) is 0. The molecule has 0 radical (unpaired) electrons. The molecule has 0 atom stereocenters. The van der Waals surface area contributed by atoms with Gasteiger partial charge in [0.1, 0.15) is 5.82 Å². The number of hydrogen-bond acceptors (Lipinski definition) is 5. The number of para-hydroxylation sites is 1. The summed E-state index contributed by atoms with van der Waals surface area (Å²) in [6.45, 7) is 0.658. The molecule has 0 unspecified atom stereocenters. The number of aromatic nitrogens is 2. The van der Waals surface area contributed by atoms with Crippen molar-refractivity contribution in [1.82, 2.24) is 10.2 Å². The number of Topliss-reactive ketones (excluding diaryl/α,β-unsaturated/α-hetero) is 1. The number of benzene rings is 2. The van der Waals surface area contributed by atoms with Gasteiger partial charge in [-0.05, 0) is 24.3 Å². The molecule has 1 amide bonds. The van der Waals surface area contributed by atoms with Crippen molar-refractivity contribution in [2.75, 3.05) is 11.9 Å². The average molecular weight is 355 g/mol. The molecule has 0 aliphatic carbocycles. The van der Waals surface area contributed by atoms with E-state index in [-0.39, 0.29) is 22.9 Å². The Labute approximate surface area is 147 Å². The van der Waals surface area contributed by atoms with Crippen LogP contribution in [0, 0.1) is 5.82 Å². The molecule has 0 bridgehead atoms. The summed E-state index contributed by atoms with van der Waals surface area (Å²) in [4.78, 5) is 35.2. The van der Waals surface area contributed by atoms with Gasteiger partial charge < -0.3 is 10.1 Å². The lowest BCUT2D eigenvalue weighted by Gasteiger charge is -2.07. The van der Waals surface area contributed by atoms with Gasteiger partial charge in [-0.1, -0.05) is 18.2 Å². The van der Waals surface area contributed by atoms with Crippen molar-refractivity contribution in [3.63, 3.8) is 0 Å². The standard InChI is InChI=1S/C18H14FN3O4/c1-10(23)20-11-6-7-12(14(19)8-11)16(24)9-26-18(25)17-13-4-2-3-5-15(13)21-22-17/h2-8H,9H2,1H3,(H,20,23)(H,21,22). The second kappa shape index (κ2) is 7.14. The first-order chi connectivity index (χ1) is 12.5. The van der Waals surface area contributed by atoms with Crippen LogP contribution in [0.25, 0.3) is 10.9 Å². The van der Waals surface area contributed by atoms with E-state index >= 15 is 0 Å². The summed E-state index contributed by atoms with van der Waals surface area (Å²) in [5.41, 5.74) is 0.700. The van der Waals surface area contributed by atoms with Crippen LogP contribution in [0.5, 0.6) is 0 Å². The maximum Gasteiger partial charge on any atom is 0.359 e. The lowest BCUT2D eigenvalue weighted by molar-refractivity contribution is -0.114. The Morgan fingerprint density at radius 1 is 1.19 bits per heavy atom. The SMILES string of the molecule is CC(=O)Nc1ccc(C(=O)COC(=O)c2n[nH]c3ccccc23)c(F)c1. The number of halogens is 1. The molecule has 0 aliphatic rings. The van der Waals surface area contributed by atoms with Gasteiger partial charge in [0.2, 0.25) is 11.7 Å². The van der Waals surface area contributed by atoms with Gasteiger partial charge in [-0.3, -0.25) is 14.7 Å². The molecule has 0 spiro atoms. The van der Waals surface area contributed by atoms with Crippen LogP contribution in [0.2, 0.25) is 0 Å². The summed E-state index contributed by atoms with van der Waals surface area (Å²) in [6, 6.07) is 10.6. The maximum absolute atomic E-state index is 14.0. The molecule has 1 heterocycles. The number of carbonyl (C=O) groups excluding carboxylic acids is 3. The summed E-state index contributed by atoms with van der Waals surface area (Å²) in [5.74, 6) is -2.66. The van der Waals surface area contributed by atoms with E-state index in [2.05, 4.69) is 15.5 Å². The van der Waals surface area contributed by atoms with Crippen LogP contribution in [0.4, 0.5) is 10.1 Å². The number of anilines is 1. The molecule has 26 heavy (non-hydrogen) atoms. The van der Waals surface area contributed by atoms with E-state index in [9.17, 15) is 18.8 Å². The van der Waals surface area contributed by atoms with Crippen LogP contribution in [0.3, 0.4) is 0 Å². The first kappa shape index (κ1) is 17.3. The number of ether oxygens (including phenoxy) is 1. The fourth-order valence-corrected chi connectivity index (χ4v) is 2.42. The molecule has 3 aromatic rings. The van der Waals surface area contributed by atoms with Crippen molar-refractivity contribution < 1.29 is 23.5 Å². The minimum Gasteiger partial charge on any atom is -0.452 e. The Morgan fingerprint density at radius 2 is 1.96 bits per heavy atom. The van der Waals surface area contributed by atoms with Crippen molar-refractivity contribution in [2.45, 2.75) is 6.92 Å². The highest BCUT2D eigenvalue weighted by atomic mass is 19.1. The highest BCUT2D eigenvalue weighted by molar-refractivity contribution is 6.04. The molecule has 1 aromatic heterocycles. The van der Waals surface area contributed by atoms with Crippen molar-refractivity contribution >= 4 is 34.3 Å². The zero-order chi connectivity index (χ0) is 18.7. The molecular formula is C18H14FN3O4. The Balaban J connectivity index is 1.68. The van der Waals surface area contributed by atoms with E-state index < -0.39 is 24.2 Å². The predicted molar refractivity (Wildman–Crippen MR) is 91.4 cm³/mol. The molecule has 0 saturated heterocycles. The smallest absolute Gasteiger partial charge is 0.359 e. The van der Waals surface area contributed by atoms with E-state index in [1.54, 1.807) is 24.3 Å². The molecule has 2 aromatic carbocycles. The van der Waals surface area contributed by atoms with Gasteiger partial charge in [-0.25, -0.2) is 9.18 Å². The fourth-order valence-electron chi connectivity index (χ4n) is 2.42. The minimum absolute atomic E-state index is 0.0508. The van der Waals surface area contributed by atoms with Gasteiger partial charge in [-0.15, -0.1) is 0 Å². The highest BCUT2D eigenvalue weighted by Crippen LogP contribution is 2.17. The number of aromatic amines is 1. The lowest BCUT2D eigenvalue weighted by Crippen LogP contribution is -2.16.